The normalized spacial score (nSPS) is 14.1. The fourth-order valence-corrected chi connectivity index (χ4v) is 4.79. The van der Waals surface area contributed by atoms with E-state index in [1.54, 1.807) is 73.8 Å². The topological polar surface area (TPSA) is 94.2 Å². The molecule has 0 bridgehead atoms. The Morgan fingerprint density at radius 2 is 1.74 bits per heavy atom. The molecule has 1 aliphatic heterocycles. The minimum Gasteiger partial charge on any atom is -0.497 e. The molecule has 3 amide bonds. The van der Waals surface area contributed by atoms with Crippen LogP contribution in [0.25, 0.3) is 6.08 Å². The summed E-state index contributed by atoms with van der Waals surface area (Å²) in [4.78, 5) is 38.9. The van der Waals surface area contributed by atoms with E-state index in [0.29, 0.717) is 38.5 Å². The number of carbonyl (C=O) groups is 3. The number of hydrogen-bond donors (Lipinski definition) is 1. The van der Waals surface area contributed by atoms with Crippen molar-refractivity contribution in [1.29, 1.82) is 0 Å². The van der Waals surface area contributed by atoms with E-state index < -0.39 is 23.6 Å². The maximum atomic E-state index is 12.9. The molecular formula is C27H22Cl2N2O6S. The summed E-state index contributed by atoms with van der Waals surface area (Å²) >= 11 is 12.9. The average Bonchev–Trinajstić information content (AvgIpc) is 3.16. The first-order valence-electron chi connectivity index (χ1n) is 11.2. The Balaban J connectivity index is 1.41. The van der Waals surface area contributed by atoms with Crippen LogP contribution in [-0.4, -0.2) is 42.7 Å². The van der Waals surface area contributed by atoms with Gasteiger partial charge in [-0.3, -0.25) is 19.3 Å². The molecule has 0 saturated carbocycles. The summed E-state index contributed by atoms with van der Waals surface area (Å²) < 4.78 is 16.4. The summed E-state index contributed by atoms with van der Waals surface area (Å²) in [6, 6.07) is 16.9. The molecule has 196 valence electrons. The minimum absolute atomic E-state index is 0.191. The molecule has 1 saturated heterocycles. The van der Waals surface area contributed by atoms with Gasteiger partial charge in [0.2, 0.25) is 5.91 Å². The molecule has 3 aromatic rings. The summed E-state index contributed by atoms with van der Waals surface area (Å²) in [7, 11) is 3.04. The van der Waals surface area contributed by atoms with Gasteiger partial charge < -0.3 is 19.5 Å². The summed E-state index contributed by atoms with van der Waals surface area (Å²) in [5, 5.41) is 3.15. The first-order valence-corrected chi connectivity index (χ1v) is 12.8. The smallest absolute Gasteiger partial charge is 0.294 e. The summed E-state index contributed by atoms with van der Waals surface area (Å²) in [5.41, 5.74) is 1.89. The lowest BCUT2D eigenvalue weighted by Gasteiger charge is -2.13. The number of rotatable bonds is 9. The fourth-order valence-electron chi connectivity index (χ4n) is 3.49. The molecule has 11 heteroatoms. The predicted octanol–water partition coefficient (Wildman–Crippen LogP) is 6.26. The Hall–Kier alpha value is -3.66. The molecule has 8 nitrogen and oxygen atoms in total. The van der Waals surface area contributed by atoms with Crippen LogP contribution in [-0.2, 0) is 16.2 Å². The Kier molecular flexibility index (Phi) is 8.83. The maximum absolute atomic E-state index is 12.9. The molecule has 0 spiro atoms. The molecule has 0 radical (unpaired) electrons. The molecule has 0 aliphatic carbocycles. The van der Waals surface area contributed by atoms with Crippen molar-refractivity contribution < 1.29 is 28.6 Å². The van der Waals surface area contributed by atoms with E-state index >= 15 is 0 Å². The zero-order valence-electron chi connectivity index (χ0n) is 20.3. The van der Waals surface area contributed by atoms with Crippen LogP contribution < -0.4 is 19.5 Å². The van der Waals surface area contributed by atoms with Gasteiger partial charge in [-0.25, -0.2) is 0 Å². The molecule has 1 N–H and O–H groups in total. The first kappa shape index (κ1) is 27.4. The molecule has 0 atom stereocenters. The van der Waals surface area contributed by atoms with E-state index in [2.05, 4.69) is 5.32 Å². The van der Waals surface area contributed by atoms with Crippen molar-refractivity contribution in [2.45, 2.75) is 6.61 Å². The third-order valence-corrected chi connectivity index (χ3v) is 6.93. The molecule has 1 aliphatic rings. The second kappa shape index (κ2) is 12.3. The van der Waals surface area contributed by atoms with Crippen molar-refractivity contribution in [3.05, 3.63) is 86.7 Å². The van der Waals surface area contributed by atoms with Crippen LogP contribution in [0.2, 0.25) is 10.0 Å². The van der Waals surface area contributed by atoms with Crippen molar-refractivity contribution in [3.63, 3.8) is 0 Å². The standard InChI is InChI=1S/C27H22Cl2N2O6S/c1-35-20-8-6-19(7-9-20)30-25(32)14-31-26(33)24(38-27(31)34)12-16-3-10-22(23(11-16)36-2)37-15-17-4-5-18(28)13-21(17)29/h3-13H,14-15H2,1-2H3,(H,30,32)/b24-12+. The number of carbonyl (C=O) groups excluding carboxylic acids is 3. The van der Waals surface area contributed by atoms with E-state index in [4.69, 9.17) is 37.4 Å². The number of imide groups is 1. The van der Waals surface area contributed by atoms with E-state index in [1.165, 1.54) is 7.11 Å². The molecule has 0 unspecified atom stereocenters. The predicted molar refractivity (Wildman–Crippen MR) is 148 cm³/mol. The lowest BCUT2D eigenvalue weighted by molar-refractivity contribution is -0.127. The van der Waals surface area contributed by atoms with Crippen molar-refractivity contribution >= 4 is 63.8 Å². The van der Waals surface area contributed by atoms with Crippen molar-refractivity contribution in [3.8, 4) is 17.2 Å². The Labute approximate surface area is 233 Å². The van der Waals surface area contributed by atoms with Crippen LogP contribution in [0.3, 0.4) is 0 Å². The minimum atomic E-state index is -0.554. The van der Waals surface area contributed by atoms with Crippen molar-refractivity contribution in [1.82, 2.24) is 4.90 Å². The Morgan fingerprint density at radius 1 is 0.974 bits per heavy atom. The number of hydrogen-bond acceptors (Lipinski definition) is 7. The Bertz CT molecular complexity index is 1410. The number of anilines is 1. The molecular weight excluding hydrogens is 551 g/mol. The third kappa shape index (κ3) is 6.61. The highest BCUT2D eigenvalue weighted by Crippen LogP contribution is 2.35. The molecule has 1 fully saturated rings. The molecule has 38 heavy (non-hydrogen) atoms. The zero-order valence-corrected chi connectivity index (χ0v) is 22.7. The number of nitrogens with zero attached hydrogens (tertiary/aromatic N) is 1. The number of ether oxygens (including phenoxy) is 3. The van der Waals surface area contributed by atoms with Crippen molar-refractivity contribution in [2.75, 3.05) is 26.1 Å². The third-order valence-electron chi connectivity index (χ3n) is 5.43. The van der Waals surface area contributed by atoms with Crippen LogP contribution >= 0.6 is 35.0 Å². The van der Waals surface area contributed by atoms with Gasteiger partial charge in [0.1, 0.15) is 18.9 Å². The number of nitrogens with one attached hydrogen (secondary N) is 1. The van der Waals surface area contributed by atoms with Gasteiger partial charge in [0.25, 0.3) is 11.1 Å². The van der Waals surface area contributed by atoms with E-state index in [9.17, 15) is 14.4 Å². The van der Waals surface area contributed by atoms with Gasteiger partial charge in [-0.2, -0.15) is 0 Å². The fraction of sp³-hybridized carbons (Fsp3) is 0.148. The Morgan fingerprint density at radius 3 is 2.42 bits per heavy atom. The van der Waals surface area contributed by atoms with Gasteiger partial charge >= 0.3 is 0 Å². The van der Waals surface area contributed by atoms with E-state index in [0.717, 1.165) is 22.2 Å². The molecule has 4 rings (SSSR count). The van der Waals surface area contributed by atoms with Crippen molar-refractivity contribution in [2.24, 2.45) is 0 Å². The summed E-state index contributed by atoms with van der Waals surface area (Å²) in [6.45, 7) is -0.208. The molecule has 0 aromatic heterocycles. The highest BCUT2D eigenvalue weighted by atomic mass is 35.5. The van der Waals surface area contributed by atoms with Gasteiger partial charge in [-0.05, 0) is 71.9 Å². The number of halogens is 2. The highest BCUT2D eigenvalue weighted by molar-refractivity contribution is 8.18. The number of thioether (sulfide) groups is 1. The van der Waals surface area contributed by atoms with Gasteiger partial charge in [0.15, 0.2) is 11.5 Å². The largest absolute Gasteiger partial charge is 0.497 e. The van der Waals surface area contributed by atoms with Gasteiger partial charge in [-0.15, -0.1) is 0 Å². The monoisotopic (exact) mass is 572 g/mol. The summed E-state index contributed by atoms with van der Waals surface area (Å²) in [6.07, 6.45) is 1.56. The van der Waals surface area contributed by atoms with Gasteiger partial charge in [-0.1, -0.05) is 35.3 Å². The quantitative estimate of drug-likeness (QED) is 0.302. The van der Waals surface area contributed by atoms with Crippen LogP contribution in [0.15, 0.2) is 65.6 Å². The van der Waals surface area contributed by atoms with Crippen LogP contribution in [0.5, 0.6) is 17.2 Å². The van der Waals surface area contributed by atoms with Gasteiger partial charge in [0.05, 0.1) is 19.1 Å². The number of amides is 3. The maximum Gasteiger partial charge on any atom is 0.294 e. The first-order chi connectivity index (χ1) is 18.3. The van der Waals surface area contributed by atoms with Crippen LogP contribution in [0.1, 0.15) is 11.1 Å². The second-order valence-corrected chi connectivity index (χ2v) is 9.82. The lowest BCUT2D eigenvalue weighted by atomic mass is 10.1. The second-order valence-electron chi connectivity index (χ2n) is 7.98. The van der Waals surface area contributed by atoms with Crippen LogP contribution in [0, 0.1) is 0 Å². The lowest BCUT2D eigenvalue weighted by Crippen LogP contribution is -2.36. The van der Waals surface area contributed by atoms with Gasteiger partial charge in [0, 0.05) is 21.3 Å². The number of methoxy groups -OCH3 is 2. The zero-order chi connectivity index (χ0) is 27.2. The molecule has 3 aromatic carbocycles. The highest BCUT2D eigenvalue weighted by Gasteiger charge is 2.36. The van der Waals surface area contributed by atoms with E-state index in [-0.39, 0.29) is 11.5 Å². The molecule has 1 heterocycles. The summed E-state index contributed by atoms with van der Waals surface area (Å²) in [5.74, 6) is 0.492. The SMILES string of the molecule is COc1ccc(NC(=O)CN2C(=O)S/C(=C/c3ccc(OCc4ccc(Cl)cc4Cl)c(OC)c3)C2=O)cc1. The average molecular weight is 573 g/mol. The number of benzene rings is 3. The van der Waals surface area contributed by atoms with Crippen LogP contribution in [0.4, 0.5) is 10.5 Å². The van der Waals surface area contributed by atoms with E-state index in [1.807, 2.05) is 0 Å².